The van der Waals surface area contributed by atoms with Crippen LogP contribution in [0.25, 0.3) is 0 Å². The number of hydrogen-bond acceptors (Lipinski definition) is 2. The summed E-state index contributed by atoms with van der Waals surface area (Å²) in [7, 11) is 0. The van der Waals surface area contributed by atoms with Crippen molar-refractivity contribution in [2.24, 2.45) is 10.7 Å². The highest BCUT2D eigenvalue weighted by molar-refractivity contribution is 5.79. The minimum absolute atomic E-state index is 0.333. The molecule has 0 bridgehead atoms. The summed E-state index contributed by atoms with van der Waals surface area (Å²) >= 11 is 0. The van der Waals surface area contributed by atoms with Gasteiger partial charge >= 0.3 is 0 Å². The average Bonchev–Trinajstić information content (AvgIpc) is 1.90. The van der Waals surface area contributed by atoms with Gasteiger partial charge in [-0.15, -0.1) is 0 Å². The summed E-state index contributed by atoms with van der Waals surface area (Å²) in [6.07, 6.45) is 7.39. The van der Waals surface area contributed by atoms with Crippen molar-refractivity contribution in [2.45, 2.75) is 19.4 Å². The van der Waals surface area contributed by atoms with Gasteiger partial charge in [-0.05, 0) is 25.5 Å². The van der Waals surface area contributed by atoms with E-state index < -0.39 is 0 Å². The van der Waals surface area contributed by atoms with Crippen LogP contribution in [0.1, 0.15) is 13.8 Å². The Hall–Kier alpha value is -0.890. The molecular weight excluding hydrogens is 124 g/mol. The first-order valence-electron chi connectivity index (χ1n) is 3.29. The van der Waals surface area contributed by atoms with E-state index in [1.165, 1.54) is 0 Å². The van der Waals surface area contributed by atoms with E-state index in [0.717, 1.165) is 5.57 Å². The smallest absolute Gasteiger partial charge is 0.0520 e. The van der Waals surface area contributed by atoms with Crippen LogP contribution in [0, 0.1) is 0 Å². The van der Waals surface area contributed by atoms with Gasteiger partial charge in [0.1, 0.15) is 0 Å². The van der Waals surface area contributed by atoms with Gasteiger partial charge in [0.2, 0.25) is 0 Å². The largest absolute Gasteiger partial charge is 0.319 e. The van der Waals surface area contributed by atoms with Crippen molar-refractivity contribution in [3.63, 3.8) is 0 Å². The molecule has 2 N–H and O–H groups in total. The number of aliphatic imine (C=N–C) groups is 1. The Morgan fingerprint density at radius 3 is 3.00 bits per heavy atom. The van der Waals surface area contributed by atoms with Crippen molar-refractivity contribution in [1.29, 1.82) is 0 Å². The van der Waals surface area contributed by atoms with E-state index in [2.05, 4.69) is 4.99 Å². The van der Waals surface area contributed by atoms with Gasteiger partial charge in [-0.25, -0.2) is 0 Å². The molecule has 0 aliphatic carbocycles. The third-order valence-corrected chi connectivity index (χ3v) is 1.34. The predicted octanol–water partition coefficient (Wildman–Crippen LogP) is 1.25. The van der Waals surface area contributed by atoms with Crippen molar-refractivity contribution in [2.75, 3.05) is 0 Å². The summed E-state index contributed by atoms with van der Waals surface area (Å²) in [4.78, 5) is 3.99. The molecule has 1 rings (SSSR count). The summed E-state index contributed by atoms with van der Waals surface area (Å²) in [5.74, 6) is 0. The topological polar surface area (TPSA) is 38.4 Å². The van der Waals surface area contributed by atoms with E-state index >= 15 is 0 Å². The number of nitrogens with two attached hydrogens (primary N) is 1. The second-order valence-electron chi connectivity index (χ2n) is 2.85. The average molecular weight is 136 g/mol. The number of nitrogens with zero attached hydrogens (tertiary/aromatic N) is 1. The predicted molar refractivity (Wildman–Crippen MR) is 44.0 cm³/mol. The summed E-state index contributed by atoms with van der Waals surface area (Å²) in [6.45, 7) is 3.93. The summed E-state index contributed by atoms with van der Waals surface area (Å²) in [5.41, 5.74) is 6.60. The molecule has 0 spiro atoms. The van der Waals surface area contributed by atoms with Crippen LogP contribution in [0.4, 0.5) is 0 Å². The van der Waals surface area contributed by atoms with Gasteiger partial charge < -0.3 is 5.73 Å². The van der Waals surface area contributed by atoms with Crippen molar-refractivity contribution >= 4 is 6.21 Å². The van der Waals surface area contributed by atoms with E-state index in [4.69, 9.17) is 5.73 Å². The fourth-order valence-corrected chi connectivity index (χ4v) is 0.940. The summed E-state index contributed by atoms with van der Waals surface area (Å²) < 4.78 is 0. The highest BCUT2D eigenvalue weighted by Gasteiger charge is 2.10. The molecule has 0 unspecified atom stereocenters. The fourth-order valence-electron chi connectivity index (χ4n) is 0.940. The van der Waals surface area contributed by atoms with Crippen molar-refractivity contribution in [3.8, 4) is 0 Å². The van der Waals surface area contributed by atoms with Gasteiger partial charge in [0, 0.05) is 12.4 Å². The molecule has 0 amide bonds. The van der Waals surface area contributed by atoms with Gasteiger partial charge in [0.25, 0.3) is 0 Å². The van der Waals surface area contributed by atoms with Gasteiger partial charge in [-0.2, -0.15) is 0 Å². The maximum absolute atomic E-state index is 5.82. The minimum atomic E-state index is -0.333. The molecule has 0 saturated heterocycles. The minimum Gasteiger partial charge on any atom is -0.319 e. The van der Waals surface area contributed by atoms with Crippen LogP contribution in [-0.4, -0.2) is 11.8 Å². The highest BCUT2D eigenvalue weighted by Crippen LogP contribution is 2.09. The molecule has 54 valence electrons. The second-order valence-corrected chi connectivity index (χ2v) is 2.85. The van der Waals surface area contributed by atoms with Crippen LogP contribution in [0.3, 0.4) is 0 Å². The van der Waals surface area contributed by atoms with E-state index in [1.54, 1.807) is 12.4 Å². The molecule has 1 heterocycles. The Morgan fingerprint density at radius 2 is 2.30 bits per heavy atom. The lowest BCUT2D eigenvalue weighted by atomic mass is 10.0. The Kier molecular flexibility index (Phi) is 1.72. The van der Waals surface area contributed by atoms with E-state index in [0.29, 0.717) is 0 Å². The van der Waals surface area contributed by atoms with Crippen LogP contribution in [0.15, 0.2) is 28.9 Å². The number of hydrogen-bond donors (Lipinski definition) is 1. The fraction of sp³-hybridized carbons (Fsp3) is 0.375. The Labute approximate surface area is 61.1 Å². The molecule has 0 aromatic rings. The van der Waals surface area contributed by atoms with Crippen molar-refractivity contribution in [3.05, 3.63) is 23.9 Å². The monoisotopic (exact) mass is 136 g/mol. The van der Waals surface area contributed by atoms with E-state index in [-0.39, 0.29) is 5.54 Å². The first kappa shape index (κ1) is 7.22. The summed E-state index contributed by atoms with van der Waals surface area (Å²) in [6, 6.07) is 0. The van der Waals surface area contributed by atoms with Gasteiger partial charge in [0.05, 0.1) is 5.54 Å². The van der Waals surface area contributed by atoms with Crippen LogP contribution < -0.4 is 5.73 Å². The number of allylic oxidation sites excluding steroid dienone is 1. The maximum atomic E-state index is 5.82. The first-order chi connectivity index (χ1) is 4.60. The number of rotatable bonds is 0. The van der Waals surface area contributed by atoms with Gasteiger partial charge in [-0.3, -0.25) is 4.99 Å². The van der Waals surface area contributed by atoms with Crippen LogP contribution >= 0.6 is 0 Å². The van der Waals surface area contributed by atoms with E-state index in [1.807, 2.05) is 26.0 Å². The Balaban J connectivity index is 2.93. The molecular formula is C8H12N2. The first-order valence-corrected chi connectivity index (χ1v) is 3.29. The molecule has 0 fully saturated rings. The molecule has 0 radical (unpaired) electrons. The van der Waals surface area contributed by atoms with Crippen LogP contribution in [0.5, 0.6) is 0 Å². The van der Waals surface area contributed by atoms with E-state index in [9.17, 15) is 0 Å². The van der Waals surface area contributed by atoms with Gasteiger partial charge in [-0.1, -0.05) is 6.08 Å². The normalized spacial score (nSPS) is 31.7. The molecule has 1 aliphatic rings. The zero-order valence-electron chi connectivity index (χ0n) is 6.33. The highest BCUT2D eigenvalue weighted by atomic mass is 14.7. The Morgan fingerprint density at radius 1 is 1.60 bits per heavy atom. The molecule has 0 aromatic carbocycles. The second kappa shape index (κ2) is 2.39. The lowest BCUT2D eigenvalue weighted by molar-refractivity contribution is 0.732. The lowest BCUT2D eigenvalue weighted by Crippen LogP contribution is -2.30. The summed E-state index contributed by atoms with van der Waals surface area (Å²) in [5, 5.41) is 0. The van der Waals surface area contributed by atoms with Gasteiger partial charge in [0.15, 0.2) is 0 Å². The SMILES string of the molecule is CC1=C[C@](C)(N)C=CN=C1. The standard InChI is InChI=1S/C8H12N2/c1-7-5-8(2,9)3-4-10-6-7/h3-6H,9H2,1-2H3/t8-/m1/s1. The molecule has 0 saturated carbocycles. The van der Waals surface area contributed by atoms with Crippen LogP contribution in [-0.2, 0) is 0 Å². The zero-order chi connectivity index (χ0) is 7.61. The van der Waals surface area contributed by atoms with Crippen LogP contribution in [0.2, 0.25) is 0 Å². The third kappa shape index (κ3) is 1.81. The lowest BCUT2D eigenvalue weighted by Gasteiger charge is -2.13. The third-order valence-electron chi connectivity index (χ3n) is 1.34. The molecule has 0 aromatic heterocycles. The zero-order valence-corrected chi connectivity index (χ0v) is 6.33. The molecule has 2 nitrogen and oxygen atoms in total. The molecule has 10 heavy (non-hydrogen) atoms. The molecule has 1 atom stereocenters. The van der Waals surface area contributed by atoms with Crippen molar-refractivity contribution in [1.82, 2.24) is 0 Å². The molecule has 2 heteroatoms. The quantitative estimate of drug-likeness (QED) is 0.534. The Bertz CT molecular complexity index is 209. The van der Waals surface area contributed by atoms with Crippen molar-refractivity contribution < 1.29 is 0 Å². The maximum Gasteiger partial charge on any atom is 0.0520 e. The molecule has 1 aliphatic heterocycles.